The largest absolute Gasteiger partial charge is 0.401 e. The van der Waals surface area contributed by atoms with Crippen molar-refractivity contribution in [3.63, 3.8) is 0 Å². The molecule has 0 aromatic heterocycles. The molecular weight excluding hydrogens is 169 g/mol. The first-order valence-corrected chi connectivity index (χ1v) is 3.84. The van der Waals surface area contributed by atoms with Gasteiger partial charge in [0.15, 0.2) is 0 Å². The predicted molar refractivity (Wildman–Crippen MR) is 41.8 cm³/mol. The third-order valence-electron chi connectivity index (χ3n) is 1.77. The number of hydrogen-bond acceptors (Lipinski definition) is 2. The molecule has 1 atom stereocenters. The van der Waals surface area contributed by atoms with Gasteiger partial charge in [-0.3, -0.25) is 4.90 Å². The second-order valence-electron chi connectivity index (χ2n) is 2.96. The molecule has 0 aliphatic carbocycles. The van der Waals surface area contributed by atoms with Gasteiger partial charge in [0.05, 0.1) is 6.54 Å². The summed E-state index contributed by atoms with van der Waals surface area (Å²) in [6.45, 7) is 1.29. The molecule has 0 bridgehead atoms. The van der Waals surface area contributed by atoms with Gasteiger partial charge in [-0.25, -0.2) is 0 Å². The lowest BCUT2D eigenvalue weighted by Gasteiger charge is -2.25. The Morgan fingerprint density at radius 2 is 1.92 bits per heavy atom. The highest BCUT2D eigenvalue weighted by Gasteiger charge is 2.30. The van der Waals surface area contributed by atoms with E-state index in [-0.39, 0.29) is 6.04 Å². The van der Waals surface area contributed by atoms with E-state index in [9.17, 15) is 13.2 Å². The van der Waals surface area contributed by atoms with E-state index in [4.69, 9.17) is 5.73 Å². The monoisotopic (exact) mass is 184 g/mol. The van der Waals surface area contributed by atoms with Crippen LogP contribution in [0.5, 0.6) is 0 Å². The molecule has 0 aromatic rings. The van der Waals surface area contributed by atoms with E-state index in [1.54, 1.807) is 6.92 Å². The minimum atomic E-state index is -4.11. The molecule has 74 valence electrons. The Bertz CT molecular complexity index is 124. The summed E-state index contributed by atoms with van der Waals surface area (Å²) in [5.41, 5.74) is 5.22. The summed E-state index contributed by atoms with van der Waals surface area (Å²) in [5, 5.41) is 0. The van der Waals surface area contributed by atoms with Crippen LogP contribution < -0.4 is 5.73 Å². The summed E-state index contributed by atoms with van der Waals surface area (Å²) in [4.78, 5) is 1.26. The second-order valence-corrected chi connectivity index (χ2v) is 2.96. The third kappa shape index (κ3) is 5.37. The van der Waals surface area contributed by atoms with E-state index < -0.39 is 12.7 Å². The van der Waals surface area contributed by atoms with Crippen molar-refractivity contribution in [3.05, 3.63) is 0 Å². The molecule has 2 nitrogen and oxygen atoms in total. The van der Waals surface area contributed by atoms with E-state index in [1.165, 1.54) is 11.9 Å². The van der Waals surface area contributed by atoms with Gasteiger partial charge in [0.2, 0.25) is 0 Å². The molecule has 0 fully saturated rings. The fourth-order valence-electron chi connectivity index (χ4n) is 0.900. The van der Waals surface area contributed by atoms with Gasteiger partial charge in [-0.2, -0.15) is 13.2 Å². The number of nitrogens with zero attached hydrogens (tertiary/aromatic N) is 1. The highest BCUT2D eigenvalue weighted by atomic mass is 19.4. The average molecular weight is 184 g/mol. The first kappa shape index (κ1) is 11.7. The summed E-state index contributed by atoms with van der Waals surface area (Å²) < 4.78 is 35.5. The van der Waals surface area contributed by atoms with Crippen LogP contribution in [0.1, 0.15) is 13.3 Å². The van der Waals surface area contributed by atoms with E-state index in [2.05, 4.69) is 0 Å². The first-order chi connectivity index (χ1) is 5.37. The van der Waals surface area contributed by atoms with Crippen molar-refractivity contribution in [1.29, 1.82) is 0 Å². The number of alkyl halides is 3. The standard InChI is InChI=1S/C7H15F3N2/c1-6(3-4-11)12(2)5-7(8,9)10/h6H,3-5,11H2,1-2H3. The van der Waals surface area contributed by atoms with E-state index in [1.807, 2.05) is 0 Å². The minimum absolute atomic E-state index is 0.114. The van der Waals surface area contributed by atoms with Crippen LogP contribution in [0.2, 0.25) is 0 Å². The lowest BCUT2D eigenvalue weighted by Crippen LogP contribution is -2.38. The van der Waals surface area contributed by atoms with Crippen molar-refractivity contribution in [3.8, 4) is 0 Å². The molecule has 0 heterocycles. The van der Waals surface area contributed by atoms with Gasteiger partial charge in [-0.1, -0.05) is 0 Å². The van der Waals surface area contributed by atoms with E-state index >= 15 is 0 Å². The molecule has 0 saturated carbocycles. The first-order valence-electron chi connectivity index (χ1n) is 3.84. The lowest BCUT2D eigenvalue weighted by molar-refractivity contribution is -0.146. The number of nitrogens with two attached hydrogens (primary N) is 1. The quantitative estimate of drug-likeness (QED) is 0.711. The Balaban J connectivity index is 3.78. The molecule has 2 N–H and O–H groups in total. The summed E-state index contributed by atoms with van der Waals surface area (Å²) in [7, 11) is 1.45. The molecule has 0 rings (SSSR count). The molecule has 5 heteroatoms. The molecule has 0 spiro atoms. The highest BCUT2D eigenvalue weighted by Crippen LogP contribution is 2.17. The van der Waals surface area contributed by atoms with Gasteiger partial charge >= 0.3 is 6.18 Å². The van der Waals surface area contributed by atoms with Crippen LogP contribution in [-0.4, -0.2) is 37.3 Å². The Morgan fingerprint density at radius 3 is 2.25 bits per heavy atom. The summed E-state index contributed by atoms with van der Waals surface area (Å²) >= 11 is 0. The van der Waals surface area contributed by atoms with Crippen molar-refractivity contribution < 1.29 is 13.2 Å². The topological polar surface area (TPSA) is 29.3 Å². The van der Waals surface area contributed by atoms with Crippen molar-refractivity contribution in [2.24, 2.45) is 5.73 Å². The zero-order valence-electron chi connectivity index (χ0n) is 7.36. The Morgan fingerprint density at radius 1 is 1.42 bits per heavy atom. The Hall–Kier alpha value is -0.290. The maximum atomic E-state index is 11.8. The Labute approximate surface area is 70.5 Å². The predicted octanol–water partition coefficient (Wildman–Crippen LogP) is 1.22. The SMILES string of the molecule is CC(CCN)N(C)CC(F)(F)F. The highest BCUT2D eigenvalue weighted by molar-refractivity contribution is 4.66. The summed E-state index contributed by atoms with van der Waals surface area (Å²) in [6.07, 6.45) is -3.52. The van der Waals surface area contributed by atoms with Gasteiger partial charge in [-0.05, 0) is 26.9 Å². The van der Waals surface area contributed by atoms with Crippen LogP contribution in [0.4, 0.5) is 13.2 Å². The third-order valence-corrected chi connectivity index (χ3v) is 1.77. The zero-order valence-corrected chi connectivity index (χ0v) is 7.36. The molecule has 0 aliphatic rings. The molecule has 0 aromatic carbocycles. The number of halogens is 3. The minimum Gasteiger partial charge on any atom is -0.330 e. The second kappa shape index (κ2) is 4.67. The van der Waals surface area contributed by atoms with Gasteiger partial charge in [0, 0.05) is 6.04 Å². The molecule has 0 radical (unpaired) electrons. The van der Waals surface area contributed by atoms with Crippen molar-refractivity contribution in [2.75, 3.05) is 20.1 Å². The zero-order chi connectivity index (χ0) is 9.78. The normalized spacial score (nSPS) is 15.2. The summed E-state index contributed by atoms with van der Waals surface area (Å²) in [5.74, 6) is 0. The van der Waals surface area contributed by atoms with Crippen LogP contribution in [0.25, 0.3) is 0 Å². The van der Waals surface area contributed by atoms with E-state index in [0.717, 1.165) is 0 Å². The molecule has 0 amide bonds. The fraction of sp³-hybridized carbons (Fsp3) is 1.00. The molecule has 0 saturated heterocycles. The van der Waals surface area contributed by atoms with Crippen LogP contribution in [-0.2, 0) is 0 Å². The van der Waals surface area contributed by atoms with Gasteiger partial charge < -0.3 is 5.73 Å². The summed E-state index contributed by atoms with van der Waals surface area (Å²) in [6, 6.07) is -0.114. The van der Waals surface area contributed by atoms with Crippen LogP contribution in [0.15, 0.2) is 0 Å². The number of hydrogen-bond donors (Lipinski definition) is 1. The van der Waals surface area contributed by atoms with E-state index in [0.29, 0.717) is 13.0 Å². The fourth-order valence-corrected chi connectivity index (χ4v) is 0.900. The van der Waals surface area contributed by atoms with Crippen molar-refractivity contribution in [1.82, 2.24) is 4.90 Å². The van der Waals surface area contributed by atoms with Crippen LogP contribution in [0.3, 0.4) is 0 Å². The maximum absolute atomic E-state index is 11.8. The Kier molecular flexibility index (Phi) is 4.55. The smallest absolute Gasteiger partial charge is 0.330 e. The molecule has 1 unspecified atom stereocenters. The maximum Gasteiger partial charge on any atom is 0.401 e. The molecule has 12 heavy (non-hydrogen) atoms. The molecular formula is C7H15F3N2. The lowest BCUT2D eigenvalue weighted by atomic mass is 10.2. The number of rotatable bonds is 4. The van der Waals surface area contributed by atoms with Gasteiger partial charge in [0.1, 0.15) is 0 Å². The average Bonchev–Trinajstić information content (AvgIpc) is 1.84. The van der Waals surface area contributed by atoms with Crippen molar-refractivity contribution >= 4 is 0 Å². The van der Waals surface area contributed by atoms with Crippen molar-refractivity contribution in [2.45, 2.75) is 25.6 Å². The van der Waals surface area contributed by atoms with Gasteiger partial charge in [0.25, 0.3) is 0 Å². The van der Waals surface area contributed by atoms with Crippen LogP contribution >= 0.6 is 0 Å². The molecule has 0 aliphatic heterocycles. The van der Waals surface area contributed by atoms with Crippen LogP contribution in [0, 0.1) is 0 Å². The van der Waals surface area contributed by atoms with Gasteiger partial charge in [-0.15, -0.1) is 0 Å².